The third-order valence-electron chi connectivity index (χ3n) is 8.13. The molecule has 0 saturated heterocycles. The number of hydrogen-bond donors (Lipinski definition) is 0. The molecule has 0 saturated carbocycles. The highest BCUT2D eigenvalue weighted by Gasteiger charge is 2.18. The zero-order valence-corrected chi connectivity index (χ0v) is 22.3. The van der Waals surface area contributed by atoms with Gasteiger partial charge in [-0.3, -0.25) is 0 Å². The quantitative estimate of drug-likeness (QED) is 0.219. The van der Waals surface area contributed by atoms with Crippen molar-refractivity contribution in [2.24, 2.45) is 0 Å². The monoisotopic (exact) mass is 526 g/mol. The second-order valence-corrected chi connectivity index (χ2v) is 11.5. The smallest absolute Gasteiger partial charge is 0.0889 e. The largest absolute Gasteiger partial charge is 0.309 e. The van der Waals surface area contributed by atoms with E-state index >= 15 is 0 Å². The highest BCUT2D eigenvalue weighted by molar-refractivity contribution is 7.26. The Morgan fingerprint density at radius 2 is 1.25 bits per heavy atom. The highest BCUT2D eigenvalue weighted by atomic mass is 32.1. The van der Waals surface area contributed by atoms with Crippen LogP contribution in [0.2, 0.25) is 0 Å². The second-order valence-electron chi connectivity index (χ2n) is 10.4. The summed E-state index contributed by atoms with van der Waals surface area (Å²) in [5.41, 5.74) is 6.78. The van der Waals surface area contributed by atoms with Crippen LogP contribution in [0.4, 0.5) is 0 Å². The van der Waals surface area contributed by atoms with Crippen molar-refractivity contribution in [2.45, 2.75) is 0 Å². The molecular weight excluding hydrogens is 504 g/mol. The topological polar surface area (TPSA) is 17.8 Å². The van der Waals surface area contributed by atoms with Crippen LogP contribution >= 0.6 is 11.3 Å². The first-order valence-corrected chi connectivity index (χ1v) is 14.4. The van der Waals surface area contributed by atoms with E-state index in [4.69, 9.17) is 4.98 Å². The van der Waals surface area contributed by atoms with Gasteiger partial charge in [0.2, 0.25) is 0 Å². The molecule has 0 spiro atoms. The molecule has 0 N–H and O–H groups in total. The second kappa shape index (κ2) is 8.25. The summed E-state index contributed by atoms with van der Waals surface area (Å²) in [4.78, 5) is 5.26. The van der Waals surface area contributed by atoms with E-state index in [0.29, 0.717) is 0 Å². The molecule has 2 nitrogen and oxygen atoms in total. The van der Waals surface area contributed by atoms with Crippen LogP contribution in [0.25, 0.3) is 80.6 Å². The van der Waals surface area contributed by atoms with Crippen molar-refractivity contribution in [3.8, 4) is 16.9 Å². The third kappa shape index (κ3) is 3.07. The number of para-hydroxylation sites is 2. The number of rotatable bonds is 2. The number of hydrogen-bond acceptors (Lipinski definition) is 2. The fourth-order valence-electron chi connectivity index (χ4n) is 6.35. The van der Waals surface area contributed by atoms with Crippen molar-refractivity contribution in [3.05, 3.63) is 133 Å². The predicted octanol–water partition coefficient (Wildman–Crippen LogP) is 10.5. The molecule has 0 aliphatic rings. The van der Waals surface area contributed by atoms with Crippen LogP contribution in [-0.4, -0.2) is 9.55 Å². The van der Waals surface area contributed by atoms with E-state index in [1.807, 2.05) is 11.3 Å². The molecule has 0 aliphatic carbocycles. The number of thiophene rings is 1. The Balaban J connectivity index is 1.36. The zero-order chi connectivity index (χ0) is 26.2. The van der Waals surface area contributed by atoms with Crippen LogP contribution in [0, 0.1) is 0 Å². The molecule has 0 unspecified atom stereocenters. The molecule has 3 heterocycles. The fourth-order valence-corrected chi connectivity index (χ4v) is 7.58. The average molecular weight is 527 g/mol. The Bertz CT molecular complexity index is 2440. The number of pyridine rings is 1. The summed E-state index contributed by atoms with van der Waals surface area (Å²) in [6, 6.07) is 48.2. The van der Waals surface area contributed by atoms with Crippen molar-refractivity contribution >= 4 is 75.0 Å². The molecule has 0 radical (unpaired) electrons. The molecule has 186 valence electrons. The van der Waals surface area contributed by atoms with Gasteiger partial charge in [0.05, 0.1) is 26.9 Å². The van der Waals surface area contributed by atoms with Crippen molar-refractivity contribution in [3.63, 3.8) is 0 Å². The van der Waals surface area contributed by atoms with Gasteiger partial charge in [0.1, 0.15) is 0 Å². The van der Waals surface area contributed by atoms with Gasteiger partial charge in [-0.05, 0) is 53.2 Å². The van der Waals surface area contributed by atoms with Gasteiger partial charge >= 0.3 is 0 Å². The molecule has 0 atom stereocenters. The van der Waals surface area contributed by atoms with Gasteiger partial charge in [-0.15, -0.1) is 11.3 Å². The van der Waals surface area contributed by atoms with Crippen LogP contribution < -0.4 is 0 Å². The van der Waals surface area contributed by atoms with Gasteiger partial charge < -0.3 is 4.57 Å². The van der Waals surface area contributed by atoms with Crippen LogP contribution in [0.15, 0.2) is 133 Å². The summed E-state index contributed by atoms with van der Waals surface area (Å²) in [6.45, 7) is 0. The molecule has 0 fully saturated rings. The van der Waals surface area contributed by atoms with Crippen molar-refractivity contribution in [1.82, 2.24) is 9.55 Å². The minimum atomic E-state index is 1.03. The normalized spacial score (nSPS) is 12.0. The lowest BCUT2D eigenvalue weighted by Gasteiger charge is -2.12. The summed E-state index contributed by atoms with van der Waals surface area (Å²) in [6.07, 6.45) is 0. The average Bonchev–Trinajstić information content (AvgIpc) is 3.56. The summed E-state index contributed by atoms with van der Waals surface area (Å²) >= 11 is 1.84. The zero-order valence-electron chi connectivity index (χ0n) is 21.5. The van der Waals surface area contributed by atoms with Crippen molar-refractivity contribution in [2.75, 3.05) is 0 Å². The lowest BCUT2D eigenvalue weighted by atomic mass is 10.0. The molecule has 40 heavy (non-hydrogen) atoms. The molecule has 9 rings (SSSR count). The molecule has 0 aliphatic heterocycles. The molecule has 3 heteroatoms. The first kappa shape index (κ1) is 21.9. The molecule has 3 aromatic heterocycles. The lowest BCUT2D eigenvalue weighted by molar-refractivity contribution is 1.18. The van der Waals surface area contributed by atoms with Crippen molar-refractivity contribution in [1.29, 1.82) is 0 Å². The summed E-state index contributed by atoms with van der Waals surface area (Å²) in [7, 11) is 0. The maximum absolute atomic E-state index is 5.26. The van der Waals surface area contributed by atoms with Gasteiger partial charge in [0.15, 0.2) is 0 Å². The molecule has 0 amide bonds. The van der Waals surface area contributed by atoms with Gasteiger partial charge in [-0.1, -0.05) is 91.0 Å². The van der Waals surface area contributed by atoms with E-state index < -0.39 is 0 Å². The van der Waals surface area contributed by atoms with Crippen LogP contribution in [0.3, 0.4) is 0 Å². The SMILES string of the molecule is c1cc(-c2nc3ccccc3c3c2sc2ccccc23)cc(-n2c3ccccc3c3cc4ccccc4cc32)c1. The van der Waals surface area contributed by atoms with Gasteiger partial charge in [0, 0.05) is 42.9 Å². The Morgan fingerprint density at radius 3 is 2.15 bits per heavy atom. The Labute approximate surface area is 234 Å². The van der Waals surface area contributed by atoms with Crippen LogP contribution in [0.1, 0.15) is 0 Å². The Hall–Kier alpha value is -4.99. The Morgan fingerprint density at radius 1 is 0.525 bits per heavy atom. The number of fused-ring (bicyclic) bond motifs is 9. The Kier molecular flexibility index (Phi) is 4.52. The van der Waals surface area contributed by atoms with E-state index in [2.05, 4.69) is 138 Å². The lowest BCUT2D eigenvalue weighted by Crippen LogP contribution is -1.95. The van der Waals surface area contributed by atoms with E-state index in [-0.39, 0.29) is 0 Å². The molecular formula is C37H22N2S. The third-order valence-corrected chi connectivity index (χ3v) is 9.31. The number of benzene rings is 6. The van der Waals surface area contributed by atoms with Gasteiger partial charge in [-0.2, -0.15) is 0 Å². The number of nitrogens with zero attached hydrogens (tertiary/aromatic N) is 2. The minimum Gasteiger partial charge on any atom is -0.309 e. The van der Waals surface area contributed by atoms with E-state index in [0.717, 1.165) is 22.5 Å². The molecule has 6 aromatic carbocycles. The van der Waals surface area contributed by atoms with Gasteiger partial charge in [-0.25, -0.2) is 4.98 Å². The first-order chi connectivity index (χ1) is 19.8. The number of aromatic nitrogens is 2. The molecule has 0 bridgehead atoms. The summed E-state index contributed by atoms with van der Waals surface area (Å²) < 4.78 is 4.94. The van der Waals surface area contributed by atoms with Crippen molar-refractivity contribution < 1.29 is 0 Å². The minimum absolute atomic E-state index is 1.03. The highest BCUT2D eigenvalue weighted by Crippen LogP contribution is 2.43. The van der Waals surface area contributed by atoms with Gasteiger partial charge in [0.25, 0.3) is 0 Å². The fraction of sp³-hybridized carbons (Fsp3) is 0. The first-order valence-electron chi connectivity index (χ1n) is 13.6. The predicted molar refractivity (Wildman–Crippen MR) is 172 cm³/mol. The van der Waals surface area contributed by atoms with Crippen LogP contribution in [0.5, 0.6) is 0 Å². The van der Waals surface area contributed by atoms with Crippen LogP contribution in [-0.2, 0) is 0 Å². The van der Waals surface area contributed by atoms with E-state index in [1.54, 1.807) is 0 Å². The maximum Gasteiger partial charge on any atom is 0.0889 e. The molecule has 9 aromatic rings. The summed E-state index contributed by atoms with van der Waals surface area (Å²) in [5, 5.41) is 8.87. The standard InChI is InChI=1S/C37H22N2S/c1-2-11-24-22-33-30(21-23(24)10-1)27-14-4-7-18-32(27)39(33)26-13-9-12-25(20-26)36-37-35(28-15-3-6-17-31(28)38-36)29-16-5-8-19-34(29)40-37/h1-22H. The summed E-state index contributed by atoms with van der Waals surface area (Å²) in [5.74, 6) is 0. The van der Waals surface area contributed by atoms with E-state index in [9.17, 15) is 0 Å². The maximum atomic E-state index is 5.26. The van der Waals surface area contributed by atoms with E-state index in [1.165, 1.54) is 58.1 Å².